The van der Waals surface area contributed by atoms with Gasteiger partial charge in [0.1, 0.15) is 35.2 Å². The van der Waals surface area contributed by atoms with E-state index in [-0.39, 0.29) is 16.7 Å². The van der Waals surface area contributed by atoms with Crippen molar-refractivity contribution in [2.45, 2.75) is 168 Å². The number of benzene rings is 5. The fourth-order valence-corrected chi connectivity index (χ4v) is 11.5. The minimum atomic E-state index is -2.66. The Morgan fingerprint density at radius 2 is 0.500 bits per heavy atom. The zero-order chi connectivity index (χ0) is 80.1. The van der Waals surface area contributed by atoms with Crippen LogP contribution in [0.15, 0.2) is 183 Å². The molecule has 2 unspecified atom stereocenters. The molecule has 2 atom stereocenters. The van der Waals surface area contributed by atoms with E-state index in [1.165, 1.54) is 76.4 Å². The van der Waals surface area contributed by atoms with Gasteiger partial charge in [-0.1, -0.05) is 160 Å². The highest BCUT2D eigenvalue weighted by Gasteiger charge is 2.22. The number of rotatable bonds is 10. The zero-order valence-electron chi connectivity index (χ0n) is 73.6. The highest BCUT2D eigenvalue weighted by molar-refractivity contribution is 5.65. The molecule has 5 aromatic heterocycles. The van der Waals surface area contributed by atoms with Gasteiger partial charge >= 0.3 is 0 Å². The van der Waals surface area contributed by atoms with Crippen molar-refractivity contribution in [1.82, 2.24) is 0 Å². The normalized spacial score (nSPS) is 15.7. The monoisotopic (exact) mass is 1220 g/mol. The lowest BCUT2D eigenvalue weighted by atomic mass is 9.96. The van der Waals surface area contributed by atoms with Crippen LogP contribution >= 0.6 is 0 Å². The van der Waals surface area contributed by atoms with Gasteiger partial charge in [0.15, 0.2) is 31.0 Å². The van der Waals surface area contributed by atoms with Gasteiger partial charge in [0.25, 0.3) is 0 Å². The van der Waals surface area contributed by atoms with Gasteiger partial charge < -0.3 is 0 Å². The molecule has 5 heteroatoms. The molecule has 90 heavy (non-hydrogen) atoms. The molecule has 10 rings (SSSR count). The standard InChI is InChI=1S/5C17H22N/c2*1-12(2)16-10-17(18(5)11-14(16)4)15-9-7-6-8-13(15)3;3*1-12(2)16-11-18(5)17(10-14(16)4)15-9-7-6-8-13(15)3/h5*6-12H,1-5H3/q5*+1/i1D3,4D3,12D;4D3,12D;1D3,12D;12D;. The molecule has 0 amide bonds. The van der Waals surface area contributed by atoms with E-state index in [1.807, 2.05) is 137 Å². The maximum Gasteiger partial charge on any atom is 0.212 e. The molecule has 5 heterocycles. The summed E-state index contributed by atoms with van der Waals surface area (Å²) in [7, 11) is 9.64. The highest BCUT2D eigenvalue weighted by atomic mass is 14.9. The molecule has 0 saturated heterocycles. The Morgan fingerprint density at radius 1 is 0.267 bits per heavy atom. The Labute approximate surface area is 568 Å². The second kappa shape index (κ2) is 32.0. The molecular weight excluding hydrogens is 1090 g/mol. The van der Waals surface area contributed by atoms with E-state index in [1.54, 1.807) is 37.9 Å². The molecular formula is C85H110N5+5. The molecule has 0 aliphatic rings. The van der Waals surface area contributed by atoms with Crippen molar-refractivity contribution in [3.05, 3.63) is 266 Å². The molecule has 5 nitrogen and oxygen atoms in total. The van der Waals surface area contributed by atoms with Crippen LogP contribution in [0.5, 0.6) is 0 Å². The minimum absolute atomic E-state index is 0.00357. The Morgan fingerprint density at radius 3 is 0.767 bits per heavy atom. The van der Waals surface area contributed by atoms with E-state index < -0.39 is 51.0 Å². The number of hydrogen-bond donors (Lipinski definition) is 0. The van der Waals surface area contributed by atoms with Crippen LogP contribution in [0, 0.1) is 69.1 Å². The van der Waals surface area contributed by atoms with E-state index in [0.29, 0.717) is 22.7 Å². The number of nitrogens with zero attached hydrogens (tertiary/aromatic N) is 5. The molecule has 0 aliphatic heterocycles. The summed E-state index contributed by atoms with van der Waals surface area (Å²) in [5.74, 6) is -4.63. The molecule has 5 aromatic carbocycles. The molecule has 10 aromatic rings. The number of pyridine rings is 5. The predicted octanol–water partition coefficient (Wildman–Crippen LogP) is 19.6. The number of aromatic nitrogens is 5. The molecule has 0 N–H and O–H groups in total. The number of aryl methyl sites for hydroxylation is 15. The van der Waals surface area contributed by atoms with Crippen LogP contribution in [0.3, 0.4) is 0 Å². The van der Waals surface area contributed by atoms with Crippen LogP contribution in [-0.4, -0.2) is 0 Å². The van der Waals surface area contributed by atoms with Gasteiger partial charge in [-0.2, -0.15) is 0 Å². The summed E-state index contributed by atoms with van der Waals surface area (Å²) < 4.78 is 136. The van der Waals surface area contributed by atoms with Crippen LogP contribution in [0.1, 0.15) is 204 Å². The summed E-state index contributed by atoms with van der Waals surface area (Å²) in [6.45, 7) is 21.2. The average Bonchev–Trinajstić information content (AvgIpc) is 0.764. The van der Waals surface area contributed by atoms with Crippen molar-refractivity contribution in [3.8, 4) is 56.3 Å². The smallest absolute Gasteiger partial charge is 0.201 e. The van der Waals surface area contributed by atoms with Crippen molar-refractivity contribution in [1.29, 1.82) is 0 Å². The highest BCUT2D eigenvalue weighted by Crippen LogP contribution is 2.30. The topological polar surface area (TPSA) is 19.4 Å². The van der Waals surface area contributed by atoms with Gasteiger partial charge in [-0.15, -0.1) is 0 Å². The Bertz CT molecular complexity index is 4760. The largest absolute Gasteiger partial charge is 0.212 e. The van der Waals surface area contributed by atoms with Crippen molar-refractivity contribution < 1.29 is 44.8 Å². The van der Waals surface area contributed by atoms with Crippen LogP contribution in [0.25, 0.3) is 56.3 Å². The van der Waals surface area contributed by atoms with E-state index in [0.717, 1.165) is 55.9 Å². The molecule has 0 fully saturated rings. The summed E-state index contributed by atoms with van der Waals surface area (Å²) >= 11 is 0. The van der Waals surface area contributed by atoms with Gasteiger partial charge in [-0.3, -0.25) is 0 Å². The third kappa shape index (κ3) is 17.8. The first-order valence-corrected chi connectivity index (χ1v) is 31.1. The van der Waals surface area contributed by atoms with Crippen molar-refractivity contribution in [3.63, 3.8) is 0 Å². The van der Waals surface area contributed by atoms with Gasteiger partial charge in [0.05, 0.1) is 0 Å². The van der Waals surface area contributed by atoms with Gasteiger partial charge in [-0.05, 0) is 185 Å². The third-order valence-corrected chi connectivity index (χ3v) is 16.6. The van der Waals surface area contributed by atoms with Crippen LogP contribution < -0.4 is 22.8 Å². The van der Waals surface area contributed by atoms with E-state index >= 15 is 0 Å². The third-order valence-electron chi connectivity index (χ3n) is 16.6. The molecule has 470 valence electrons. The molecule has 0 spiro atoms. The second-order valence-corrected chi connectivity index (χ2v) is 24.8. The first-order valence-electron chi connectivity index (χ1n) is 39.1. The SMILES string of the molecule is Cc1ccccc1-c1cc(C)c(C(C)C)c[n+]1C.[2H]C(C)(C)c1c[n+](C)c(-c2ccccc2C)cc1C.[2H]C([2H])([2H])C([2H])(C)c1c[n+](C)c(-c2ccccc2C)cc1C.[2H]C([2H])([2H])c1c[n+](C)c(-c2ccccc2C)cc1C([2H])(C)C.[2H]C([2H])([2H])c1c[n+](C)c(-c2ccccc2C)cc1C([2H])(C)C([2H])([2H])[2H]. The zero-order valence-corrected chi connectivity index (χ0v) is 57.6. The van der Waals surface area contributed by atoms with Gasteiger partial charge in [0.2, 0.25) is 28.5 Å². The molecule has 0 aliphatic carbocycles. The number of hydrogen-bond acceptors (Lipinski definition) is 0. The molecule has 0 radical (unpaired) electrons. The minimum Gasteiger partial charge on any atom is -0.201 e. The van der Waals surface area contributed by atoms with Crippen LogP contribution in [0.2, 0.25) is 0 Å². The summed E-state index contributed by atoms with van der Waals surface area (Å²) in [6.07, 6.45) is 9.19. The fraction of sp³-hybridized carbons (Fsp3) is 0.353. The van der Waals surface area contributed by atoms with E-state index in [2.05, 4.69) is 151 Å². The molecule has 0 saturated carbocycles. The lowest BCUT2D eigenvalue weighted by Crippen LogP contribution is -2.32. The Balaban J connectivity index is 0.000000208. The maximum absolute atomic E-state index is 8.40. The lowest BCUT2D eigenvalue weighted by molar-refractivity contribution is -0.661. The van der Waals surface area contributed by atoms with E-state index in [4.69, 9.17) is 21.9 Å². The maximum atomic E-state index is 8.40. The average molecular weight is 1220 g/mol. The second-order valence-electron chi connectivity index (χ2n) is 24.8. The fourth-order valence-electron chi connectivity index (χ4n) is 11.5. The predicted molar refractivity (Wildman–Crippen MR) is 383 cm³/mol. The molecule has 0 bridgehead atoms. The van der Waals surface area contributed by atoms with Crippen LogP contribution in [0.4, 0.5) is 0 Å². The summed E-state index contributed by atoms with van der Waals surface area (Å²) in [6, 6.07) is 50.4. The summed E-state index contributed by atoms with van der Waals surface area (Å²) in [5, 5.41) is 0. The van der Waals surface area contributed by atoms with Crippen molar-refractivity contribution >= 4 is 0 Å². The van der Waals surface area contributed by atoms with Gasteiger partial charge in [-0.25, -0.2) is 22.8 Å². The summed E-state index contributed by atoms with van der Waals surface area (Å²) in [4.78, 5) is 0. The van der Waals surface area contributed by atoms with E-state index in [9.17, 15) is 0 Å². The van der Waals surface area contributed by atoms with Gasteiger partial charge in [0, 0.05) is 108 Å². The first kappa shape index (κ1) is 50.6. The first-order chi connectivity index (χ1) is 48.6. The lowest BCUT2D eigenvalue weighted by Gasteiger charge is -2.11. The Kier molecular flexibility index (Phi) is 18.0. The summed E-state index contributed by atoms with van der Waals surface area (Å²) in [5.41, 5.74) is 23.6. The Hall–Kier alpha value is -8.15. The van der Waals surface area contributed by atoms with Crippen LogP contribution in [-0.2, 0) is 35.2 Å². The van der Waals surface area contributed by atoms with Crippen molar-refractivity contribution in [2.24, 2.45) is 35.2 Å². The van der Waals surface area contributed by atoms with Crippen molar-refractivity contribution in [2.75, 3.05) is 0 Å². The quantitative estimate of drug-likeness (QED) is 0.122.